The molecule has 0 aliphatic rings. The Labute approximate surface area is 118 Å². The largest absolute Gasteiger partial charge is 0.327 e. The first-order valence-corrected chi connectivity index (χ1v) is 7.31. The average molecular weight is 262 g/mol. The highest BCUT2D eigenvalue weighted by molar-refractivity contribution is 5.37. The molecule has 0 saturated carbocycles. The third-order valence-electron chi connectivity index (χ3n) is 3.69. The minimum atomic E-state index is 0.129. The fraction of sp³-hybridized carbons (Fsp3) is 0.647. The van der Waals surface area contributed by atoms with Crippen LogP contribution in [0.1, 0.15) is 57.2 Å². The summed E-state index contributed by atoms with van der Waals surface area (Å²) in [6.45, 7) is 15.1. The first kappa shape index (κ1) is 16.2. The van der Waals surface area contributed by atoms with Gasteiger partial charge in [-0.15, -0.1) is 0 Å². The van der Waals surface area contributed by atoms with Crippen LogP contribution in [0.3, 0.4) is 0 Å². The molecule has 0 saturated heterocycles. The van der Waals surface area contributed by atoms with Crippen LogP contribution in [0.5, 0.6) is 0 Å². The van der Waals surface area contributed by atoms with Gasteiger partial charge in [-0.25, -0.2) is 0 Å². The molecule has 0 bridgehead atoms. The number of hydrogen-bond donors (Lipinski definition) is 2. The fourth-order valence-corrected chi connectivity index (χ4v) is 2.44. The van der Waals surface area contributed by atoms with Crippen LogP contribution in [0, 0.1) is 6.92 Å². The van der Waals surface area contributed by atoms with Gasteiger partial charge in [0.1, 0.15) is 0 Å². The minimum Gasteiger partial charge on any atom is -0.327 e. The van der Waals surface area contributed by atoms with Crippen LogP contribution < -0.4 is 11.1 Å². The Morgan fingerprint density at radius 1 is 1.21 bits per heavy atom. The number of nitrogens with two attached hydrogens (primary N) is 1. The molecule has 1 rings (SSSR count). The summed E-state index contributed by atoms with van der Waals surface area (Å²) in [7, 11) is 0. The van der Waals surface area contributed by atoms with E-state index >= 15 is 0 Å². The van der Waals surface area contributed by atoms with E-state index in [0.717, 1.165) is 13.1 Å². The Balaban J connectivity index is 2.89. The molecule has 0 aliphatic carbocycles. The predicted molar refractivity (Wildman–Crippen MR) is 84.8 cm³/mol. The maximum absolute atomic E-state index is 5.79. The Morgan fingerprint density at radius 2 is 1.84 bits per heavy atom. The van der Waals surface area contributed by atoms with Gasteiger partial charge in [0.25, 0.3) is 0 Å². The van der Waals surface area contributed by atoms with E-state index in [0.29, 0.717) is 5.92 Å². The van der Waals surface area contributed by atoms with Crippen LogP contribution in [-0.4, -0.2) is 19.1 Å². The lowest BCUT2D eigenvalue weighted by Crippen LogP contribution is -2.39. The highest BCUT2D eigenvalue weighted by Crippen LogP contribution is 2.28. The summed E-state index contributed by atoms with van der Waals surface area (Å²) >= 11 is 0. The van der Waals surface area contributed by atoms with Crippen molar-refractivity contribution in [3.8, 4) is 0 Å². The lowest BCUT2D eigenvalue weighted by molar-refractivity contribution is 0.456. The van der Waals surface area contributed by atoms with E-state index in [1.807, 2.05) is 6.92 Å². The summed E-state index contributed by atoms with van der Waals surface area (Å²) in [5.74, 6) is 0.576. The molecule has 1 atom stereocenters. The van der Waals surface area contributed by atoms with E-state index < -0.39 is 0 Å². The predicted octanol–water partition coefficient (Wildman–Crippen LogP) is 3.33. The molecule has 1 aromatic rings. The van der Waals surface area contributed by atoms with Gasteiger partial charge in [0.2, 0.25) is 0 Å². The average Bonchev–Trinajstić information content (AvgIpc) is 2.28. The highest BCUT2D eigenvalue weighted by atomic mass is 14.9. The topological polar surface area (TPSA) is 38.0 Å². The van der Waals surface area contributed by atoms with E-state index in [1.165, 1.54) is 16.7 Å². The number of rotatable bonds is 6. The van der Waals surface area contributed by atoms with Crippen molar-refractivity contribution in [2.24, 2.45) is 5.73 Å². The Bertz CT molecular complexity index is 406. The smallest absolute Gasteiger partial charge is 0.0136 e. The molecule has 0 fully saturated rings. The molecule has 2 nitrogen and oxygen atoms in total. The highest BCUT2D eigenvalue weighted by Gasteiger charge is 2.22. The number of benzene rings is 1. The number of hydrogen-bond acceptors (Lipinski definition) is 2. The molecule has 0 spiro atoms. The minimum absolute atomic E-state index is 0.129. The van der Waals surface area contributed by atoms with Crippen LogP contribution in [0.25, 0.3) is 0 Å². The normalized spacial score (nSPS) is 13.9. The van der Waals surface area contributed by atoms with E-state index in [2.05, 4.69) is 58.1 Å². The summed E-state index contributed by atoms with van der Waals surface area (Å²) in [5.41, 5.74) is 10.2. The van der Waals surface area contributed by atoms with Crippen molar-refractivity contribution in [1.82, 2.24) is 5.32 Å². The monoisotopic (exact) mass is 262 g/mol. The second kappa shape index (κ2) is 6.53. The van der Waals surface area contributed by atoms with E-state index in [-0.39, 0.29) is 11.5 Å². The van der Waals surface area contributed by atoms with Crippen molar-refractivity contribution in [3.63, 3.8) is 0 Å². The van der Waals surface area contributed by atoms with Crippen molar-refractivity contribution in [2.75, 3.05) is 13.1 Å². The lowest BCUT2D eigenvalue weighted by Gasteiger charge is -2.29. The zero-order valence-corrected chi connectivity index (χ0v) is 13.4. The van der Waals surface area contributed by atoms with Crippen LogP contribution in [0.4, 0.5) is 0 Å². The second-order valence-corrected chi connectivity index (χ2v) is 6.72. The zero-order chi connectivity index (χ0) is 14.6. The second-order valence-electron chi connectivity index (χ2n) is 6.72. The van der Waals surface area contributed by atoms with Crippen molar-refractivity contribution in [3.05, 3.63) is 34.9 Å². The van der Waals surface area contributed by atoms with Gasteiger partial charge < -0.3 is 11.1 Å². The zero-order valence-electron chi connectivity index (χ0n) is 13.4. The molecule has 2 heteroatoms. The lowest BCUT2D eigenvalue weighted by atomic mass is 9.80. The number of aryl methyl sites for hydroxylation is 1. The third kappa shape index (κ3) is 4.63. The summed E-state index contributed by atoms with van der Waals surface area (Å²) in [5, 5.41) is 3.47. The Morgan fingerprint density at radius 3 is 2.37 bits per heavy atom. The van der Waals surface area contributed by atoms with Gasteiger partial charge >= 0.3 is 0 Å². The molecule has 108 valence electrons. The number of nitrogens with one attached hydrogen (secondary N) is 1. The summed E-state index contributed by atoms with van der Waals surface area (Å²) in [4.78, 5) is 0. The van der Waals surface area contributed by atoms with Crippen LogP contribution in [-0.2, 0) is 5.41 Å². The van der Waals surface area contributed by atoms with Gasteiger partial charge in [0, 0.05) is 24.5 Å². The van der Waals surface area contributed by atoms with Crippen LogP contribution in [0.15, 0.2) is 18.2 Å². The first-order chi connectivity index (χ1) is 8.74. The summed E-state index contributed by atoms with van der Waals surface area (Å²) in [6, 6.07) is 7.07. The van der Waals surface area contributed by atoms with E-state index in [1.54, 1.807) is 0 Å². The SMILES string of the molecule is Cc1ccc(C(C)C)cc1C(C)(C)CNCC(C)N. The summed E-state index contributed by atoms with van der Waals surface area (Å²) < 4.78 is 0. The third-order valence-corrected chi connectivity index (χ3v) is 3.69. The van der Waals surface area contributed by atoms with Gasteiger partial charge in [-0.3, -0.25) is 0 Å². The Hall–Kier alpha value is -0.860. The maximum atomic E-state index is 5.79. The Kier molecular flexibility index (Phi) is 5.57. The van der Waals surface area contributed by atoms with Crippen molar-refractivity contribution in [1.29, 1.82) is 0 Å². The van der Waals surface area contributed by atoms with E-state index in [9.17, 15) is 0 Å². The summed E-state index contributed by atoms with van der Waals surface area (Å²) in [6.07, 6.45) is 0. The fourth-order valence-electron chi connectivity index (χ4n) is 2.44. The maximum Gasteiger partial charge on any atom is 0.0136 e. The van der Waals surface area contributed by atoms with Crippen molar-refractivity contribution < 1.29 is 0 Å². The van der Waals surface area contributed by atoms with Gasteiger partial charge in [-0.2, -0.15) is 0 Å². The molecule has 1 aromatic carbocycles. The van der Waals surface area contributed by atoms with Gasteiger partial charge in [-0.1, -0.05) is 45.9 Å². The molecule has 3 N–H and O–H groups in total. The molecule has 0 heterocycles. The molecule has 0 amide bonds. The molecule has 0 aliphatic heterocycles. The van der Waals surface area contributed by atoms with Crippen LogP contribution in [0.2, 0.25) is 0 Å². The van der Waals surface area contributed by atoms with Crippen molar-refractivity contribution >= 4 is 0 Å². The molecular formula is C17H30N2. The molecule has 1 unspecified atom stereocenters. The van der Waals surface area contributed by atoms with Gasteiger partial charge in [-0.05, 0) is 36.5 Å². The van der Waals surface area contributed by atoms with Gasteiger partial charge in [0.05, 0.1) is 0 Å². The molecule has 0 aromatic heterocycles. The quantitative estimate of drug-likeness (QED) is 0.825. The van der Waals surface area contributed by atoms with Crippen LogP contribution >= 0.6 is 0 Å². The first-order valence-electron chi connectivity index (χ1n) is 7.31. The molecule has 0 radical (unpaired) electrons. The van der Waals surface area contributed by atoms with E-state index in [4.69, 9.17) is 5.73 Å². The molecule has 19 heavy (non-hydrogen) atoms. The standard InChI is InChI=1S/C17H30N2/c1-12(2)15-8-7-13(3)16(9-15)17(5,6)11-19-10-14(4)18/h7-9,12,14,19H,10-11,18H2,1-6H3. The van der Waals surface area contributed by atoms with Crippen molar-refractivity contribution in [2.45, 2.75) is 58.9 Å². The molecular weight excluding hydrogens is 232 g/mol. The van der Waals surface area contributed by atoms with Gasteiger partial charge in [0.15, 0.2) is 0 Å².